The molecule has 2 saturated heterocycles. The second kappa shape index (κ2) is 8.49. The lowest BCUT2D eigenvalue weighted by Crippen LogP contribution is -2.52. The molecule has 0 spiro atoms. The molecule has 0 saturated carbocycles. The highest BCUT2D eigenvalue weighted by molar-refractivity contribution is 5.97. The van der Waals surface area contributed by atoms with Crippen molar-refractivity contribution >= 4 is 17.5 Å². The van der Waals surface area contributed by atoms with E-state index in [1.54, 1.807) is 21.9 Å². The summed E-state index contributed by atoms with van der Waals surface area (Å²) in [4.78, 5) is 32.8. The lowest BCUT2D eigenvalue weighted by Gasteiger charge is -2.37. The minimum Gasteiger partial charge on any atom is -0.368 e. The fourth-order valence-corrected chi connectivity index (χ4v) is 3.53. The van der Waals surface area contributed by atoms with E-state index in [2.05, 4.69) is 16.7 Å². The molecule has 0 bridgehead atoms. The van der Waals surface area contributed by atoms with E-state index >= 15 is 0 Å². The Morgan fingerprint density at radius 1 is 0.846 bits per heavy atom. The number of hydrogen-bond acceptors (Lipinski definition) is 4. The van der Waals surface area contributed by atoms with Gasteiger partial charge in [-0.1, -0.05) is 6.92 Å². The molecular weight excluding hydrogens is 335 g/mol. The quantitative estimate of drug-likeness (QED) is 0.751. The summed E-state index contributed by atoms with van der Waals surface area (Å²) in [6.45, 7) is 8.86. The molecular formula is C19H27FN4O2. The topological polar surface area (TPSA) is 47.1 Å². The molecule has 7 heteroatoms. The fourth-order valence-electron chi connectivity index (χ4n) is 3.53. The van der Waals surface area contributed by atoms with Crippen molar-refractivity contribution in [2.45, 2.75) is 13.3 Å². The predicted molar refractivity (Wildman–Crippen MR) is 98.5 cm³/mol. The van der Waals surface area contributed by atoms with Crippen molar-refractivity contribution in [3.8, 4) is 0 Å². The summed E-state index contributed by atoms with van der Waals surface area (Å²) in [7, 11) is 0. The van der Waals surface area contributed by atoms with E-state index in [4.69, 9.17) is 0 Å². The van der Waals surface area contributed by atoms with E-state index in [1.165, 1.54) is 12.1 Å². The number of nitrogens with zero attached hydrogens (tertiary/aromatic N) is 4. The van der Waals surface area contributed by atoms with Gasteiger partial charge in [-0.05, 0) is 30.8 Å². The van der Waals surface area contributed by atoms with Crippen molar-refractivity contribution < 1.29 is 14.0 Å². The maximum absolute atomic E-state index is 13.0. The molecule has 0 atom stereocenters. The number of likely N-dealkylation sites (N-methyl/N-ethyl adjacent to an activating group) is 1. The van der Waals surface area contributed by atoms with Crippen LogP contribution >= 0.6 is 0 Å². The van der Waals surface area contributed by atoms with E-state index in [9.17, 15) is 14.0 Å². The van der Waals surface area contributed by atoms with Gasteiger partial charge in [-0.3, -0.25) is 9.59 Å². The van der Waals surface area contributed by atoms with E-state index < -0.39 is 0 Å². The maximum atomic E-state index is 13.0. The van der Waals surface area contributed by atoms with E-state index in [0.717, 1.165) is 25.3 Å². The summed E-state index contributed by atoms with van der Waals surface area (Å²) in [5.41, 5.74) is 0.961. The zero-order valence-corrected chi connectivity index (χ0v) is 15.4. The van der Waals surface area contributed by atoms with Crippen molar-refractivity contribution in [2.75, 3.05) is 63.8 Å². The minimum atomic E-state index is -0.249. The molecule has 1 aromatic rings. The molecule has 0 unspecified atom stereocenters. The van der Waals surface area contributed by atoms with Crippen LogP contribution in [0.3, 0.4) is 0 Å². The van der Waals surface area contributed by atoms with Crippen LogP contribution in [0, 0.1) is 5.82 Å². The second-order valence-electron chi connectivity index (χ2n) is 6.84. The van der Waals surface area contributed by atoms with Gasteiger partial charge in [-0.25, -0.2) is 4.39 Å². The highest BCUT2D eigenvalue weighted by Crippen LogP contribution is 2.17. The summed E-state index contributed by atoms with van der Waals surface area (Å²) >= 11 is 0. The standard InChI is InChI=1S/C19H27FN4O2/c1-2-21-7-9-23(10-8-21)18(25)15-19(26)24-13-11-22(12-14-24)17-5-3-16(20)4-6-17/h3-6H,2,7-15H2,1H3. The SMILES string of the molecule is CCN1CCN(C(=O)CC(=O)N2CCN(c3ccc(F)cc3)CC2)CC1. The van der Waals surface area contributed by atoms with Crippen LogP contribution in [0.15, 0.2) is 24.3 Å². The monoisotopic (exact) mass is 362 g/mol. The minimum absolute atomic E-state index is 0.0390. The molecule has 0 N–H and O–H groups in total. The molecule has 2 amide bonds. The molecule has 0 aromatic heterocycles. The van der Waals surface area contributed by atoms with Gasteiger partial charge in [0.1, 0.15) is 12.2 Å². The number of carbonyl (C=O) groups is 2. The first-order chi connectivity index (χ1) is 12.6. The van der Waals surface area contributed by atoms with Crippen LogP contribution in [-0.2, 0) is 9.59 Å². The number of benzene rings is 1. The first-order valence-corrected chi connectivity index (χ1v) is 9.35. The van der Waals surface area contributed by atoms with Gasteiger partial charge in [-0.15, -0.1) is 0 Å². The Balaban J connectivity index is 1.45. The van der Waals surface area contributed by atoms with Crippen LogP contribution in [0.5, 0.6) is 0 Å². The van der Waals surface area contributed by atoms with Gasteiger partial charge in [0.2, 0.25) is 11.8 Å². The van der Waals surface area contributed by atoms with Crippen molar-refractivity contribution in [3.63, 3.8) is 0 Å². The lowest BCUT2D eigenvalue weighted by atomic mass is 10.2. The Kier molecular flexibility index (Phi) is 6.08. The molecule has 2 aliphatic heterocycles. The molecule has 2 heterocycles. The van der Waals surface area contributed by atoms with E-state index in [1.807, 2.05) is 0 Å². The highest BCUT2D eigenvalue weighted by atomic mass is 19.1. The van der Waals surface area contributed by atoms with Gasteiger partial charge in [0.25, 0.3) is 0 Å². The van der Waals surface area contributed by atoms with Crippen molar-refractivity contribution in [1.82, 2.24) is 14.7 Å². The number of rotatable bonds is 4. The highest BCUT2D eigenvalue weighted by Gasteiger charge is 2.26. The Morgan fingerprint density at radius 2 is 1.35 bits per heavy atom. The molecule has 26 heavy (non-hydrogen) atoms. The van der Waals surface area contributed by atoms with Crippen molar-refractivity contribution in [2.24, 2.45) is 0 Å². The second-order valence-corrected chi connectivity index (χ2v) is 6.84. The summed E-state index contributed by atoms with van der Waals surface area (Å²) in [6.07, 6.45) is -0.0390. The molecule has 0 radical (unpaired) electrons. The summed E-state index contributed by atoms with van der Waals surface area (Å²) in [5.74, 6) is -0.403. The molecule has 142 valence electrons. The van der Waals surface area contributed by atoms with E-state index in [-0.39, 0.29) is 24.1 Å². The molecule has 2 fully saturated rings. The third-order valence-electron chi connectivity index (χ3n) is 5.30. The average Bonchev–Trinajstić information content (AvgIpc) is 2.68. The normalized spacial score (nSPS) is 18.9. The molecule has 6 nitrogen and oxygen atoms in total. The molecule has 2 aliphatic rings. The smallest absolute Gasteiger partial charge is 0.232 e. The number of halogens is 1. The van der Waals surface area contributed by atoms with Crippen LogP contribution in [0.4, 0.5) is 10.1 Å². The lowest BCUT2D eigenvalue weighted by molar-refractivity contribution is -0.141. The number of carbonyl (C=O) groups excluding carboxylic acids is 2. The van der Waals surface area contributed by atoms with Crippen molar-refractivity contribution in [1.29, 1.82) is 0 Å². The number of piperazine rings is 2. The summed E-state index contributed by atoms with van der Waals surface area (Å²) in [6, 6.07) is 6.41. The number of hydrogen-bond donors (Lipinski definition) is 0. The first kappa shape index (κ1) is 18.6. The first-order valence-electron chi connectivity index (χ1n) is 9.35. The van der Waals surface area contributed by atoms with Gasteiger partial charge in [0.05, 0.1) is 0 Å². The van der Waals surface area contributed by atoms with Gasteiger partial charge in [0, 0.05) is 58.0 Å². The zero-order valence-electron chi connectivity index (χ0n) is 15.4. The largest absolute Gasteiger partial charge is 0.368 e. The third-order valence-corrected chi connectivity index (χ3v) is 5.30. The molecule has 3 rings (SSSR count). The average molecular weight is 362 g/mol. The van der Waals surface area contributed by atoms with Gasteiger partial charge >= 0.3 is 0 Å². The van der Waals surface area contributed by atoms with Gasteiger partial charge in [0.15, 0.2) is 0 Å². The fraction of sp³-hybridized carbons (Fsp3) is 0.579. The van der Waals surface area contributed by atoms with Crippen LogP contribution < -0.4 is 4.90 Å². The molecule has 0 aliphatic carbocycles. The number of anilines is 1. The van der Waals surface area contributed by atoms with Crippen molar-refractivity contribution in [3.05, 3.63) is 30.1 Å². The van der Waals surface area contributed by atoms with Crippen LogP contribution in [0.25, 0.3) is 0 Å². The predicted octanol–water partition coefficient (Wildman–Crippen LogP) is 1.03. The Labute approximate surface area is 154 Å². The van der Waals surface area contributed by atoms with Gasteiger partial charge < -0.3 is 19.6 Å². The molecule has 1 aromatic carbocycles. The van der Waals surface area contributed by atoms with Crippen LogP contribution in [-0.4, -0.2) is 85.4 Å². The Bertz CT molecular complexity index is 621. The summed E-state index contributed by atoms with van der Waals surface area (Å²) in [5, 5.41) is 0. The van der Waals surface area contributed by atoms with Crippen LogP contribution in [0.2, 0.25) is 0 Å². The summed E-state index contributed by atoms with van der Waals surface area (Å²) < 4.78 is 13.0. The Morgan fingerprint density at radius 3 is 1.85 bits per heavy atom. The van der Waals surface area contributed by atoms with Gasteiger partial charge in [-0.2, -0.15) is 0 Å². The Hall–Kier alpha value is -2.15. The maximum Gasteiger partial charge on any atom is 0.232 e. The zero-order chi connectivity index (χ0) is 18.5. The number of amides is 2. The third kappa shape index (κ3) is 4.52. The van der Waals surface area contributed by atoms with Crippen LogP contribution in [0.1, 0.15) is 13.3 Å². The van der Waals surface area contributed by atoms with E-state index in [0.29, 0.717) is 39.3 Å².